The van der Waals surface area contributed by atoms with Crippen LogP contribution in [-0.4, -0.2) is 22.0 Å². The molecule has 0 saturated heterocycles. The van der Waals surface area contributed by atoms with Gasteiger partial charge in [0.2, 0.25) is 0 Å². The molecule has 0 atom stereocenters. The van der Waals surface area contributed by atoms with Crippen LogP contribution in [0.4, 0.5) is 11.4 Å². The van der Waals surface area contributed by atoms with E-state index >= 15 is 0 Å². The van der Waals surface area contributed by atoms with Crippen molar-refractivity contribution in [3.05, 3.63) is 100 Å². The number of benzene rings is 3. The number of nitrogens with one attached hydrogen (secondary N) is 3. The summed E-state index contributed by atoms with van der Waals surface area (Å²) in [6.45, 7) is 0. The van der Waals surface area contributed by atoms with Gasteiger partial charge in [-0.1, -0.05) is 42.5 Å². The smallest absolute Gasteiger partial charge is 0.276 e. The molecule has 7 nitrogen and oxygen atoms in total. The van der Waals surface area contributed by atoms with E-state index in [1.165, 1.54) is 0 Å². The normalized spacial score (nSPS) is 10.5. The van der Waals surface area contributed by atoms with Gasteiger partial charge in [0.25, 0.3) is 17.4 Å². The number of carbonyl (C=O) groups excluding carboxylic acids is 2. The summed E-state index contributed by atoms with van der Waals surface area (Å²) in [5, 5.41) is 12.6. The topological polar surface area (TPSA) is 104 Å². The van der Waals surface area contributed by atoms with E-state index in [0.717, 1.165) is 0 Å². The van der Waals surface area contributed by atoms with E-state index in [-0.39, 0.29) is 17.2 Å². The lowest BCUT2D eigenvalue weighted by atomic mass is 10.1. The summed E-state index contributed by atoms with van der Waals surface area (Å²) in [5.74, 6) is -0.716. The van der Waals surface area contributed by atoms with Gasteiger partial charge in [-0.2, -0.15) is 5.10 Å². The van der Waals surface area contributed by atoms with Crippen molar-refractivity contribution in [3.63, 3.8) is 0 Å². The molecule has 1 heterocycles. The Morgan fingerprint density at radius 2 is 1.34 bits per heavy atom. The van der Waals surface area contributed by atoms with Crippen LogP contribution in [0.25, 0.3) is 10.8 Å². The third kappa shape index (κ3) is 3.89. The summed E-state index contributed by atoms with van der Waals surface area (Å²) in [5.41, 5.74) is 1.31. The molecule has 0 unspecified atom stereocenters. The van der Waals surface area contributed by atoms with Crippen LogP contribution in [0.15, 0.2) is 83.7 Å². The van der Waals surface area contributed by atoms with Crippen LogP contribution < -0.4 is 16.2 Å². The molecule has 3 aromatic carbocycles. The second-order valence-corrected chi connectivity index (χ2v) is 6.30. The Balaban J connectivity index is 1.56. The molecular formula is C22H16N4O3. The molecule has 0 fully saturated rings. The molecule has 2 amide bonds. The Bertz CT molecular complexity index is 1270. The molecule has 142 valence electrons. The van der Waals surface area contributed by atoms with Crippen molar-refractivity contribution in [2.45, 2.75) is 0 Å². The van der Waals surface area contributed by atoms with Gasteiger partial charge in [-0.05, 0) is 36.4 Å². The third-order valence-electron chi connectivity index (χ3n) is 4.33. The van der Waals surface area contributed by atoms with Crippen molar-refractivity contribution in [2.24, 2.45) is 0 Å². The maximum atomic E-state index is 12.7. The third-order valence-corrected chi connectivity index (χ3v) is 4.33. The van der Waals surface area contributed by atoms with Crippen molar-refractivity contribution >= 4 is 34.0 Å². The van der Waals surface area contributed by atoms with E-state index < -0.39 is 5.91 Å². The Morgan fingerprint density at radius 3 is 2.07 bits per heavy atom. The minimum atomic E-state index is -0.469. The highest BCUT2D eigenvalue weighted by Crippen LogP contribution is 2.18. The Hall–Kier alpha value is -4.26. The maximum absolute atomic E-state index is 12.7. The number of amides is 2. The van der Waals surface area contributed by atoms with Crippen LogP contribution in [0, 0.1) is 0 Å². The van der Waals surface area contributed by atoms with Gasteiger partial charge in [0.05, 0.1) is 5.39 Å². The molecular weight excluding hydrogens is 368 g/mol. The van der Waals surface area contributed by atoms with Crippen LogP contribution in [0.2, 0.25) is 0 Å². The summed E-state index contributed by atoms with van der Waals surface area (Å²) in [6.07, 6.45) is 0. The first-order chi connectivity index (χ1) is 14.1. The van der Waals surface area contributed by atoms with E-state index in [1.54, 1.807) is 72.8 Å². The van der Waals surface area contributed by atoms with Gasteiger partial charge in [0.15, 0.2) is 5.69 Å². The molecule has 29 heavy (non-hydrogen) atoms. The quantitative estimate of drug-likeness (QED) is 0.501. The van der Waals surface area contributed by atoms with Crippen LogP contribution in [0.5, 0.6) is 0 Å². The molecule has 0 spiro atoms. The zero-order valence-corrected chi connectivity index (χ0v) is 15.2. The fourth-order valence-electron chi connectivity index (χ4n) is 2.95. The number of anilines is 2. The van der Waals surface area contributed by atoms with Gasteiger partial charge >= 0.3 is 0 Å². The minimum absolute atomic E-state index is 0.110. The number of hydrogen-bond donors (Lipinski definition) is 3. The zero-order chi connectivity index (χ0) is 20.2. The number of carbonyl (C=O) groups is 2. The van der Waals surface area contributed by atoms with Crippen LogP contribution in [0.3, 0.4) is 0 Å². The molecule has 0 saturated carbocycles. The summed E-state index contributed by atoms with van der Waals surface area (Å²) in [4.78, 5) is 36.9. The van der Waals surface area contributed by atoms with E-state index in [4.69, 9.17) is 0 Å². The molecule has 0 aliphatic carbocycles. The fraction of sp³-hybridized carbons (Fsp3) is 0. The van der Waals surface area contributed by atoms with E-state index in [0.29, 0.717) is 27.7 Å². The minimum Gasteiger partial charge on any atom is -0.322 e. The summed E-state index contributed by atoms with van der Waals surface area (Å²) in [6, 6.07) is 22.4. The van der Waals surface area contributed by atoms with Gasteiger partial charge in [0.1, 0.15) is 0 Å². The predicted octanol–water partition coefficient (Wildman–Crippen LogP) is 3.43. The average Bonchev–Trinajstić information content (AvgIpc) is 2.75. The fourth-order valence-corrected chi connectivity index (χ4v) is 2.95. The SMILES string of the molecule is O=C(Nc1cccc(NC(=O)c2n[nH]c(=O)c3ccccc23)c1)c1ccccc1. The standard InChI is InChI=1S/C22H16N4O3/c27-20(14-7-2-1-3-8-14)23-15-9-6-10-16(13-15)24-22(29)19-17-11-4-5-12-18(17)21(28)26-25-19/h1-13H,(H,23,27)(H,24,29)(H,26,28). The van der Waals surface area contributed by atoms with Crippen molar-refractivity contribution in [3.8, 4) is 0 Å². The number of aromatic nitrogens is 2. The highest BCUT2D eigenvalue weighted by Gasteiger charge is 2.14. The largest absolute Gasteiger partial charge is 0.322 e. The highest BCUT2D eigenvalue weighted by atomic mass is 16.2. The van der Waals surface area contributed by atoms with Crippen molar-refractivity contribution in [1.29, 1.82) is 0 Å². The van der Waals surface area contributed by atoms with E-state index in [1.807, 2.05) is 6.07 Å². The van der Waals surface area contributed by atoms with E-state index in [9.17, 15) is 14.4 Å². The van der Waals surface area contributed by atoms with Gasteiger partial charge in [-0.15, -0.1) is 0 Å². The Morgan fingerprint density at radius 1 is 0.724 bits per heavy atom. The van der Waals surface area contributed by atoms with Gasteiger partial charge in [-0.25, -0.2) is 5.10 Å². The monoisotopic (exact) mass is 384 g/mol. The molecule has 4 rings (SSSR count). The average molecular weight is 384 g/mol. The van der Waals surface area contributed by atoms with Crippen molar-refractivity contribution in [2.75, 3.05) is 10.6 Å². The number of H-pyrrole nitrogens is 1. The number of rotatable bonds is 4. The second-order valence-electron chi connectivity index (χ2n) is 6.30. The van der Waals surface area contributed by atoms with Crippen LogP contribution >= 0.6 is 0 Å². The lowest BCUT2D eigenvalue weighted by molar-refractivity contribution is 0.101. The van der Waals surface area contributed by atoms with Crippen molar-refractivity contribution < 1.29 is 9.59 Å². The first-order valence-electron chi connectivity index (χ1n) is 8.87. The molecule has 1 aromatic heterocycles. The lowest BCUT2D eigenvalue weighted by Gasteiger charge is -2.09. The summed E-state index contributed by atoms with van der Waals surface area (Å²) < 4.78 is 0. The maximum Gasteiger partial charge on any atom is 0.276 e. The molecule has 0 aliphatic rings. The Labute approximate surface area is 165 Å². The molecule has 4 aromatic rings. The lowest BCUT2D eigenvalue weighted by Crippen LogP contribution is -2.19. The zero-order valence-electron chi connectivity index (χ0n) is 15.2. The molecule has 3 N–H and O–H groups in total. The second kappa shape index (κ2) is 7.77. The number of fused-ring (bicyclic) bond motifs is 1. The number of hydrogen-bond acceptors (Lipinski definition) is 4. The molecule has 0 radical (unpaired) electrons. The van der Waals surface area contributed by atoms with Gasteiger partial charge in [-0.3, -0.25) is 14.4 Å². The van der Waals surface area contributed by atoms with Gasteiger partial charge in [0, 0.05) is 22.3 Å². The van der Waals surface area contributed by atoms with E-state index in [2.05, 4.69) is 20.8 Å². The van der Waals surface area contributed by atoms with Crippen molar-refractivity contribution in [1.82, 2.24) is 10.2 Å². The van der Waals surface area contributed by atoms with Gasteiger partial charge < -0.3 is 10.6 Å². The number of aromatic amines is 1. The predicted molar refractivity (Wildman–Crippen MR) is 111 cm³/mol. The Kier molecular flexibility index (Phi) is 4.86. The van der Waals surface area contributed by atoms with Crippen LogP contribution in [0.1, 0.15) is 20.8 Å². The summed E-state index contributed by atoms with van der Waals surface area (Å²) >= 11 is 0. The number of nitrogens with zero attached hydrogens (tertiary/aromatic N) is 1. The first-order valence-corrected chi connectivity index (χ1v) is 8.87. The molecule has 0 bridgehead atoms. The highest BCUT2D eigenvalue weighted by molar-refractivity contribution is 6.11. The first kappa shape index (κ1) is 18.1. The molecule has 0 aliphatic heterocycles. The molecule has 7 heteroatoms. The van der Waals surface area contributed by atoms with Crippen LogP contribution in [-0.2, 0) is 0 Å². The summed E-state index contributed by atoms with van der Waals surface area (Å²) in [7, 11) is 0.